The molecule has 2 heteroatoms. The molecule has 0 aliphatic rings. The summed E-state index contributed by atoms with van der Waals surface area (Å²) >= 11 is 0. The summed E-state index contributed by atoms with van der Waals surface area (Å²) in [7, 11) is 0. The van der Waals surface area contributed by atoms with E-state index in [9.17, 15) is 0 Å². The molecule has 0 bridgehead atoms. The second-order valence-corrected chi connectivity index (χ2v) is 4.06. The molecule has 2 nitrogen and oxygen atoms in total. The van der Waals surface area contributed by atoms with E-state index < -0.39 is 0 Å². The second kappa shape index (κ2) is 7.38. The molecule has 0 saturated heterocycles. The maximum Gasteiger partial charge on any atom is 0.0318 e. The summed E-state index contributed by atoms with van der Waals surface area (Å²) in [5, 5.41) is 15.5. The van der Waals surface area contributed by atoms with E-state index in [1.165, 1.54) is 0 Å². The third-order valence-electron chi connectivity index (χ3n) is 2.55. The Bertz CT molecular complexity index is 262. The van der Waals surface area contributed by atoms with E-state index in [2.05, 4.69) is 13.8 Å². The highest BCUT2D eigenvalue weighted by Gasteiger charge is 2.09. The van der Waals surface area contributed by atoms with Gasteiger partial charge in [-0.2, -0.15) is 0 Å². The molecule has 15 heavy (non-hydrogen) atoms. The molecule has 0 rings (SSSR count). The fourth-order valence-electron chi connectivity index (χ4n) is 1.73. The van der Waals surface area contributed by atoms with Crippen LogP contribution in [0.3, 0.4) is 0 Å². The second-order valence-electron chi connectivity index (χ2n) is 4.06. The van der Waals surface area contributed by atoms with Gasteiger partial charge in [0.05, 0.1) is 0 Å². The molecule has 0 unspecified atom stereocenters. The molecule has 0 fully saturated rings. The largest absolute Gasteiger partial charge is 0.305 e. The Hall–Kier alpha value is -0.920. The predicted octanol–water partition coefficient (Wildman–Crippen LogP) is 4.35. The number of hydrogen-bond donors (Lipinski definition) is 2. The van der Waals surface area contributed by atoms with Gasteiger partial charge in [0, 0.05) is 11.4 Å². The van der Waals surface area contributed by atoms with Gasteiger partial charge in [-0.15, -0.1) is 0 Å². The minimum atomic E-state index is 0.634. The first-order valence-corrected chi connectivity index (χ1v) is 5.87. The third-order valence-corrected chi connectivity index (χ3v) is 2.55. The molecule has 0 aromatic heterocycles. The van der Waals surface area contributed by atoms with Gasteiger partial charge in [-0.25, -0.2) is 0 Å². The van der Waals surface area contributed by atoms with E-state index in [0.29, 0.717) is 11.4 Å². The lowest BCUT2D eigenvalue weighted by Gasteiger charge is -2.13. The van der Waals surface area contributed by atoms with Crippen LogP contribution < -0.4 is 0 Å². The number of allylic oxidation sites excluding steroid dienone is 2. The fraction of sp³-hybridized carbons (Fsp3) is 0.692. The van der Waals surface area contributed by atoms with Crippen molar-refractivity contribution in [3.63, 3.8) is 0 Å². The van der Waals surface area contributed by atoms with Crippen molar-refractivity contribution < 1.29 is 0 Å². The van der Waals surface area contributed by atoms with Crippen LogP contribution in [0.15, 0.2) is 11.1 Å². The van der Waals surface area contributed by atoms with Gasteiger partial charge in [-0.1, -0.05) is 26.7 Å². The van der Waals surface area contributed by atoms with E-state index in [-0.39, 0.29) is 0 Å². The van der Waals surface area contributed by atoms with Crippen LogP contribution in [0.1, 0.15) is 59.8 Å². The quantitative estimate of drug-likeness (QED) is 0.584. The van der Waals surface area contributed by atoms with Crippen LogP contribution in [-0.2, 0) is 0 Å². The van der Waals surface area contributed by atoms with Crippen LogP contribution in [0.2, 0.25) is 0 Å². The van der Waals surface area contributed by atoms with Crippen LogP contribution in [0.4, 0.5) is 0 Å². The molecular weight excluding hydrogens is 184 g/mol. The standard InChI is InChI=1S/C13H24N2/c1-5-7-9-13(11(4)15)12(8-6-2)10(3)14/h14-15H,5-9H2,1-4H3/b13-12-,14-10?,15-11?. The molecule has 0 heterocycles. The number of nitrogens with one attached hydrogen (secondary N) is 2. The zero-order chi connectivity index (χ0) is 11.8. The summed E-state index contributed by atoms with van der Waals surface area (Å²) in [6.45, 7) is 7.96. The van der Waals surface area contributed by atoms with Crippen molar-refractivity contribution in [2.45, 2.75) is 59.8 Å². The smallest absolute Gasteiger partial charge is 0.0318 e. The van der Waals surface area contributed by atoms with Crippen LogP contribution >= 0.6 is 0 Å². The first-order valence-electron chi connectivity index (χ1n) is 5.87. The maximum atomic E-state index is 7.78. The van der Waals surface area contributed by atoms with Crippen molar-refractivity contribution >= 4 is 11.4 Å². The molecular formula is C13H24N2. The van der Waals surface area contributed by atoms with E-state index in [1.54, 1.807) is 0 Å². The van der Waals surface area contributed by atoms with Crippen molar-refractivity contribution in [2.75, 3.05) is 0 Å². The lowest BCUT2D eigenvalue weighted by molar-refractivity contribution is 0.791. The van der Waals surface area contributed by atoms with Crippen LogP contribution in [0, 0.1) is 10.8 Å². The van der Waals surface area contributed by atoms with Crippen LogP contribution in [0.25, 0.3) is 0 Å². The molecule has 0 atom stereocenters. The Morgan fingerprint density at radius 2 is 1.27 bits per heavy atom. The highest BCUT2D eigenvalue weighted by molar-refractivity contribution is 6.06. The van der Waals surface area contributed by atoms with Gasteiger partial charge < -0.3 is 10.8 Å². The summed E-state index contributed by atoms with van der Waals surface area (Å²) < 4.78 is 0. The zero-order valence-electron chi connectivity index (χ0n) is 10.5. The molecule has 0 saturated carbocycles. The van der Waals surface area contributed by atoms with E-state index in [1.807, 2.05) is 13.8 Å². The molecule has 0 aromatic rings. The molecule has 0 aliphatic heterocycles. The summed E-state index contributed by atoms with van der Waals surface area (Å²) in [6, 6.07) is 0. The average Bonchev–Trinajstić information content (AvgIpc) is 2.16. The SMILES string of the molecule is CCCC/C(C(C)=N)=C(\CCC)C(C)=N. The summed E-state index contributed by atoms with van der Waals surface area (Å²) in [6.07, 6.45) is 5.20. The monoisotopic (exact) mass is 208 g/mol. The topological polar surface area (TPSA) is 47.7 Å². The Kier molecular flexibility index (Phi) is 6.93. The van der Waals surface area contributed by atoms with Crippen molar-refractivity contribution in [1.29, 1.82) is 10.8 Å². The summed E-state index contributed by atoms with van der Waals surface area (Å²) in [4.78, 5) is 0. The van der Waals surface area contributed by atoms with Gasteiger partial charge in [0.15, 0.2) is 0 Å². The van der Waals surface area contributed by atoms with Crippen molar-refractivity contribution in [3.05, 3.63) is 11.1 Å². The Balaban J connectivity index is 4.96. The van der Waals surface area contributed by atoms with Gasteiger partial charge >= 0.3 is 0 Å². The molecule has 0 radical (unpaired) electrons. The van der Waals surface area contributed by atoms with Gasteiger partial charge in [-0.3, -0.25) is 0 Å². The summed E-state index contributed by atoms with van der Waals surface area (Å²) in [5.74, 6) is 0. The number of rotatable bonds is 7. The van der Waals surface area contributed by atoms with Crippen LogP contribution in [-0.4, -0.2) is 11.4 Å². The van der Waals surface area contributed by atoms with E-state index in [4.69, 9.17) is 10.8 Å². The minimum absolute atomic E-state index is 0.634. The van der Waals surface area contributed by atoms with Crippen molar-refractivity contribution in [1.82, 2.24) is 0 Å². The Morgan fingerprint density at radius 1 is 0.800 bits per heavy atom. The lowest BCUT2D eigenvalue weighted by Crippen LogP contribution is -2.07. The number of unbranched alkanes of at least 4 members (excludes halogenated alkanes) is 1. The zero-order valence-corrected chi connectivity index (χ0v) is 10.5. The molecule has 0 aliphatic carbocycles. The fourth-order valence-corrected chi connectivity index (χ4v) is 1.73. The minimum Gasteiger partial charge on any atom is -0.305 e. The number of hydrogen-bond acceptors (Lipinski definition) is 2. The van der Waals surface area contributed by atoms with Gasteiger partial charge in [0.2, 0.25) is 0 Å². The first-order chi connectivity index (χ1) is 7.04. The lowest BCUT2D eigenvalue weighted by atomic mass is 9.93. The van der Waals surface area contributed by atoms with E-state index in [0.717, 1.165) is 43.3 Å². The van der Waals surface area contributed by atoms with Crippen molar-refractivity contribution in [2.24, 2.45) is 0 Å². The van der Waals surface area contributed by atoms with Gasteiger partial charge in [0.25, 0.3) is 0 Å². The first kappa shape index (κ1) is 14.1. The average molecular weight is 208 g/mol. The molecule has 0 spiro atoms. The molecule has 0 amide bonds. The van der Waals surface area contributed by atoms with Gasteiger partial charge in [0.1, 0.15) is 0 Å². The van der Waals surface area contributed by atoms with Crippen molar-refractivity contribution in [3.8, 4) is 0 Å². The third kappa shape index (κ3) is 4.91. The molecule has 86 valence electrons. The van der Waals surface area contributed by atoms with E-state index >= 15 is 0 Å². The predicted molar refractivity (Wildman–Crippen MR) is 68.3 cm³/mol. The molecule has 0 aromatic carbocycles. The normalized spacial score (nSPS) is 12.3. The summed E-state index contributed by atoms with van der Waals surface area (Å²) in [5.41, 5.74) is 3.47. The van der Waals surface area contributed by atoms with Crippen LogP contribution in [0.5, 0.6) is 0 Å². The maximum absolute atomic E-state index is 7.78. The van der Waals surface area contributed by atoms with Gasteiger partial charge in [-0.05, 0) is 44.3 Å². The Morgan fingerprint density at radius 3 is 1.60 bits per heavy atom. The highest BCUT2D eigenvalue weighted by Crippen LogP contribution is 2.19. The highest BCUT2D eigenvalue weighted by atomic mass is 14.4. The Labute approximate surface area is 93.8 Å². The molecule has 2 N–H and O–H groups in total.